The fraction of sp³-hybridized carbons (Fsp3) is 0.615. The summed E-state index contributed by atoms with van der Waals surface area (Å²) in [6.07, 6.45) is 4.31. The van der Waals surface area contributed by atoms with Crippen molar-refractivity contribution >= 4 is 5.78 Å². The van der Waals surface area contributed by atoms with E-state index >= 15 is 0 Å². The van der Waals surface area contributed by atoms with E-state index in [1.165, 1.54) is 12.8 Å². The molecule has 1 aromatic heterocycles. The lowest BCUT2D eigenvalue weighted by Gasteiger charge is -2.27. The molecule has 0 unspecified atom stereocenters. The van der Waals surface area contributed by atoms with Crippen molar-refractivity contribution in [2.45, 2.75) is 12.8 Å². The standard InChI is InChI=1S/C13H21N3O/c1-16(9-11-4-2-6-14-8-11)10-13(17)12-5-3-7-15-12/h3,5,7,11,14-15H,2,4,6,8-10H2,1H3/t11-/m0/s1. The van der Waals surface area contributed by atoms with Crippen LogP contribution in [0.15, 0.2) is 18.3 Å². The summed E-state index contributed by atoms with van der Waals surface area (Å²) in [6.45, 7) is 3.72. The molecule has 2 rings (SSSR count). The first-order chi connectivity index (χ1) is 8.25. The Balaban J connectivity index is 1.76. The number of Topliss-reactive ketones (excluding diaryl/α,β-unsaturated/α-hetero) is 1. The highest BCUT2D eigenvalue weighted by Crippen LogP contribution is 2.11. The monoisotopic (exact) mass is 235 g/mol. The summed E-state index contributed by atoms with van der Waals surface area (Å²) in [5.41, 5.74) is 0.707. The molecule has 0 bridgehead atoms. The molecule has 0 saturated carbocycles. The van der Waals surface area contributed by atoms with Crippen LogP contribution in [-0.2, 0) is 0 Å². The average molecular weight is 235 g/mol. The van der Waals surface area contributed by atoms with Crippen LogP contribution in [-0.4, -0.2) is 48.9 Å². The normalized spacial score (nSPS) is 20.7. The van der Waals surface area contributed by atoms with Gasteiger partial charge in [0.05, 0.1) is 12.2 Å². The fourth-order valence-corrected chi connectivity index (χ4v) is 2.42. The highest BCUT2D eigenvalue weighted by atomic mass is 16.1. The van der Waals surface area contributed by atoms with Gasteiger partial charge in [0, 0.05) is 12.7 Å². The number of aromatic amines is 1. The minimum atomic E-state index is 0.168. The highest BCUT2D eigenvalue weighted by Gasteiger charge is 2.17. The van der Waals surface area contributed by atoms with Crippen LogP contribution in [0.2, 0.25) is 0 Å². The van der Waals surface area contributed by atoms with Crippen molar-refractivity contribution in [3.05, 3.63) is 24.0 Å². The molecule has 1 saturated heterocycles. The molecule has 0 aromatic carbocycles. The zero-order chi connectivity index (χ0) is 12.1. The predicted molar refractivity (Wildman–Crippen MR) is 68.2 cm³/mol. The van der Waals surface area contributed by atoms with Crippen molar-refractivity contribution < 1.29 is 4.79 Å². The molecule has 1 aromatic rings. The molecule has 0 amide bonds. The van der Waals surface area contributed by atoms with E-state index in [0.717, 1.165) is 19.6 Å². The minimum Gasteiger partial charge on any atom is -0.359 e. The van der Waals surface area contributed by atoms with Gasteiger partial charge in [0.25, 0.3) is 0 Å². The molecule has 0 aliphatic carbocycles. The van der Waals surface area contributed by atoms with Crippen molar-refractivity contribution in [2.24, 2.45) is 5.92 Å². The number of H-pyrrole nitrogens is 1. The second-order valence-corrected chi connectivity index (χ2v) is 4.92. The largest absolute Gasteiger partial charge is 0.359 e. The van der Waals surface area contributed by atoms with Gasteiger partial charge in [-0.05, 0) is 51.0 Å². The third-order valence-corrected chi connectivity index (χ3v) is 3.28. The Morgan fingerprint density at radius 2 is 2.47 bits per heavy atom. The SMILES string of the molecule is CN(CC(=O)c1ccc[nH]1)C[C@H]1CCCNC1. The Bertz CT molecular complexity index is 342. The van der Waals surface area contributed by atoms with E-state index in [0.29, 0.717) is 18.2 Å². The number of hydrogen-bond acceptors (Lipinski definition) is 3. The van der Waals surface area contributed by atoms with Gasteiger partial charge in [-0.1, -0.05) is 0 Å². The molecule has 1 fully saturated rings. The number of aromatic nitrogens is 1. The molecule has 2 heterocycles. The quantitative estimate of drug-likeness (QED) is 0.752. The second kappa shape index (κ2) is 5.98. The number of hydrogen-bond donors (Lipinski definition) is 2. The van der Waals surface area contributed by atoms with Crippen LogP contribution in [0, 0.1) is 5.92 Å². The number of piperidine rings is 1. The Kier molecular flexibility index (Phi) is 4.34. The molecule has 94 valence electrons. The van der Waals surface area contributed by atoms with Crippen molar-refractivity contribution in [2.75, 3.05) is 33.2 Å². The number of carbonyl (C=O) groups is 1. The first kappa shape index (κ1) is 12.3. The second-order valence-electron chi connectivity index (χ2n) is 4.92. The molecule has 17 heavy (non-hydrogen) atoms. The van der Waals surface area contributed by atoms with Crippen LogP contribution >= 0.6 is 0 Å². The number of likely N-dealkylation sites (N-methyl/N-ethyl adjacent to an activating group) is 1. The van der Waals surface area contributed by atoms with Gasteiger partial charge < -0.3 is 10.3 Å². The third-order valence-electron chi connectivity index (χ3n) is 3.28. The number of rotatable bonds is 5. The maximum absolute atomic E-state index is 11.9. The van der Waals surface area contributed by atoms with E-state index in [2.05, 4.69) is 15.2 Å². The lowest BCUT2D eigenvalue weighted by molar-refractivity contribution is 0.0930. The molecule has 1 aliphatic rings. The molecule has 1 aliphatic heterocycles. The van der Waals surface area contributed by atoms with Crippen LogP contribution in [0.3, 0.4) is 0 Å². The summed E-state index contributed by atoms with van der Waals surface area (Å²) in [6, 6.07) is 3.69. The van der Waals surface area contributed by atoms with E-state index in [9.17, 15) is 4.79 Å². The lowest BCUT2D eigenvalue weighted by Crippen LogP contribution is -2.38. The van der Waals surface area contributed by atoms with Gasteiger partial charge in [-0.15, -0.1) is 0 Å². The van der Waals surface area contributed by atoms with Crippen molar-refractivity contribution in [1.29, 1.82) is 0 Å². The summed E-state index contributed by atoms with van der Waals surface area (Å²) < 4.78 is 0. The Hall–Kier alpha value is -1.13. The van der Waals surface area contributed by atoms with E-state index in [-0.39, 0.29) is 5.78 Å². The van der Waals surface area contributed by atoms with Gasteiger partial charge in [0.15, 0.2) is 5.78 Å². The van der Waals surface area contributed by atoms with Gasteiger partial charge in [0.1, 0.15) is 0 Å². The van der Waals surface area contributed by atoms with E-state index in [4.69, 9.17) is 0 Å². The first-order valence-electron chi connectivity index (χ1n) is 6.31. The van der Waals surface area contributed by atoms with Crippen LogP contribution < -0.4 is 5.32 Å². The number of carbonyl (C=O) groups excluding carboxylic acids is 1. The highest BCUT2D eigenvalue weighted by molar-refractivity contribution is 5.95. The smallest absolute Gasteiger partial charge is 0.192 e. The minimum absolute atomic E-state index is 0.168. The zero-order valence-electron chi connectivity index (χ0n) is 10.4. The molecular weight excluding hydrogens is 214 g/mol. The summed E-state index contributed by atoms with van der Waals surface area (Å²) >= 11 is 0. The maximum atomic E-state index is 11.9. The lowest BCUT2D eigenvalue weighted by atomic mass is 9.99. The van der Waals surface area contributed by atoms with Gasteiger partial charge in [-0.2, -0.15) is 0 Å². The summed E-state index contributed by atoms with van der Waals surface area (Å²) in [4.78, 5) is 17.0. The summed E-state index contributed by atoms with van der Waals surface area (Å²) in [5, 5.41) is 3.40. The molecule has 4 nitrogen and oxygen atoms in total. The number of nitrogens with zero attached hydrogens (tertiary/aromatic N) is 1. The number of ketones is 1. The first-order valence-corrected chi connectivity index (χ1v) is 6.31. The predicted octanol–water partition coefficient (Wildman–Crippen LogP) is 1.13. The molecule has 2 N–H and O–H groups in total. The Morgan fingerprint density at radius 1 is 1.59 bits per heavy atom. The van der Waals surface area contributed by atoms with Gasteiger partial charge in [-0.25, -0.2) is 0 Å². The van der Waals surface area contributed by atoms with Crippen molar-refractivity contribution in [3.63, 3.8) is 0 Å². The number of nitrogens with one attached hydrogen (secondary N) is 2. The van der Waals surface area contributed by atoms with Crippen LogP contribution in [0.5, 0.6) is 0 Å². The average Bonchev–Trinajstić information content (AvgIpc) is 2.83. The van der Waals surface area contributed by atoms with Gasteiger partial charge >= 0.3 is 0 Å². The van der Waals surface area contributed by atoms with Gasteiger partial charge in [0.2, 0.25) is 0 Å². The van der Waals surface area contributed by atoms with Crippen LogP contribution in [0.4, 0.5) is 0 Å². The van der Waals surface area contributed by atoms with E-state index < -0.39 is 0 Å². The molecule has 0 radical (unpaired) electrons. The van der Waals surface area contributed by atoms with Crippen molar-refractivity contribution in [1.82, 2.24) is 15.2 Å². The van der Waals surface area contributed by atoms with Crippen LogP contribution in [0.25, 0.3) is 0 Å². The molecular formula is C13H21N3O. The van der Waals surface area contributed by atoms with Gasteiger partial charge in [-0.3, -0.25) is 9.69 Å². The van der Waals surface area contributed by atoms with Crippen molar-refractivity contribution in [3.8, 4) is 0 Å². The zero-order valence-corrected chi connectivity index (χ0v) is 10.4. The maximum Gasteiger partial charge on any atom is 0.192 e. The third kappa shape index (κ3) is 3.68. The Labute approximate surface area is 102 Å². The van der Waals surface area contributed by atoms with E-state index in [1.54, 1.807) is 6.20 Å². The molecule has 4 heteroatoms. The molecule has 0 spiro atoms. The summed E-state index contributed by atoms with van der Waals surface area (Å²) in [7, 11) is 2.02. The topological polar surface area (TPSA) is 48.1 Å². The Morgan fingerprint density at radius 3 is 3.12 bits per heavy atom. The van der Waals surface area contributed by atoms with Crippen LogP contribution in [0.1, 0.15) is 23.3 Å². The molecule has 1 atom stereocenters. The summed E-state index contributed by atoms with van der Waals surface area (Å²) in [5.74, 6) is 0.853. The fourth-order valence-electron chi connectivity index (χ4n) is 2.42. The van der Waals surface area contributed by atoms with E-state index in [1.807, 2.05) is 19.2 Å².